The third-order valence-electron chi connectivity index (χ3n) is 2.77. The van der Waals surface area contributed by atoms with Crippen molar-refractivity contribution in [2.24, 2.45) is 5.41 Å². The highest BCUT2D eigenvalue weighted by Gasteiger charge is 2.10. The van der Waals surface area contributed by atoms with Crippen LogP contribution in [0.4, 0.5) is 0 Å². The molecule has 1 rings (SSSR count). The first kappa shape index (κ1) is 13.8. The van der Waals surface area contributed by atoms with Gasteiger partial charge in [-0.25, -0.2) is 0 Å². The fourth-order valence-corrected chi connectivity index (χ4v) is 1.98. The van der Waals surface area contributed by atoms with Crippen LogP contribution < -0.4 is 0 Å². The Hall–Kier alpha value is -1.22. The highest BCUT2D eigenvalue weighted by atomic mass is 14.2. The van der Waals surface area contributed by atoms with Crippen LogP contribution in [-0.4, -0.2) is 0 Å². The number of hydrogen-bond acceptors (Lipinski definition) is 0. The van der Waals surface area contributed by atoms with Crippen molar-refractivity contribution in [3.8, 4) is 5.92 Å². The number of rotatable bonds is 5. The predicted molar refractivity (Wildman–Crippen MR) is 74.3 cm³/mol. The van der Waals surface area contributed by atoms with Gasteiger partial charge in [0.2, 0.25) is 0 Å². The predicted octanol–water partition coefficient (Wildman–Crippen LogP) is 4.58. The second-order valence-corrected chi connectivity index (χ2v) is 5.94. The molecule has 0 spiro atoms. The molecule has 0 aromatic heterocycles. The summed E-state index contributed by atoms with van der Waals surface area (Å²) in [6, 6.07) is 9.00. The van der Waals surface area contributed by atoms with E-state index in [9.17, 15) is 0 Å². The molecule has 0 atom stereocenters. The van der Waals surface area contributed by atoms with Gasteiger partial charge in [-0.05, 0) is 48.6 Å². The van der Waals surface area contributed by atoms with Crippen molar-refractivity contribution in [3.63, 3.8) is 0 Å². The molecule has 1 aromatic rings. The van der Waals surface area contributed by atoms with Crippen LogP contribution in [0.5, 0.6) is 0 Å². The van der Waals surface area contributed by atoms with Gasteiger partial charge in [0, 0.05) is 6.42 Å². The summed E-state index contributed by atoms with van der Waals surface area (Å²) in [6.07, 6.45) is 12.1. The standard InChI is InChI=1S/C17H23/c1-5-6-7-8-9-15-10-12-16(13-11-15)14-17(2,3)4/h10-13H,6-9,14H2,2-4H3. The van der Waals surface area contributed by atoms with Crippen molar-refractivity contribution in [2.75, 3.05) is 0 Å². The van der Waals surface area contributed by atoms with Crippen molar-refractivity contribution in [1.82, 2.24) is 0 Å². The second-order valence-electron chi connectivity index (χ2n) is 5.94. The van der Waals surface area contributed by atoms with Crippen LogP contribution in [-0.2, 0) is 12.8 Å². The number of unbranched alkanes of at least 4 members (excludes halogenated alkanes) is 2. The first-order chi connectivity index (χ1) is 8.01. The van der Waals surface area contributed by atoms with Gasteiger partial charge in [0.25, 0.3) is 0 Å². The van der Waals surface area contributed by atoms with Crippen molar-refractivity contribution in [2.45, 2.75) is 52.9 Å². The molecular weight excluding hydrogens is 204 g/mol. The summed E-state index contributed by atoms with van der Waals surface area (Å²) in [5.74, 6) is 2.44. The highest BCUT2D eigenvalue weighted by molar-refractivity contribution is 5.23. The average Bonchev–Trinajstić information content (AvgIpc) is 2.25. The smallest absolute Gasteiger partial charge is 0.00990 e. The van der Waals surface area contributed by atoms with Gasteiger partial charge in [0.05, 0.1) is 0 Å². The van der Waals surface area contributed by atoms with Crippen LogP contribution in [0.15, 0.2) is 24.3 Å². The third kappa shape index (κ3) is 6.17. The third-order valence-corrected chi connectivity index (χ3v) is 2.77. The van der Waals surface area contributed by atoms with Gasteiger partial charge in [-0.3, -0.25) is 0 Å². The van der Waals surface area contributed by atoms with E-state index in [-0.39, 0.29) is 0 Å². The lowest BCUT2D eigenvalue weighted by molar-refractivity contribution is 0.411. The molecule has 0 fully saturated rings. The molecule has 0 nitrogen and oxygen atoms in total. The van der Waals surface area contributed by atoms with E-state index >= 15 is 0 Å². The van der Waals surface area contributed by atoms with Gasteiger partial charge in [-0.1, -0.05) is 51.0 Å². The van der Waals surface area contributed by atoms with Crippen LogP contribution in [0.25, 0.3) is 0 Å². The zero-order chi connectivity index (χ0) is 12.7. The fourth-order valence-electron chi connectivity index (χ4n) is 1.98. The van der Waals surface area contributed by atoms with E-state index in [2.05, 4.69) is 51.0 Å². The largest absolute Gasteiger partial charge is 0.0891 e. The minimum Gasteiger partial charge on any atom is -0.0891 e. The molecule has 0 saturated heterocycles. The Balaban J connectivity index is 2.43. The molecule has 0 heterocycles. The van der Waals surface area contributed by atoms with E-state index in [0.717, 1.165) is 32.1 Å². The number of aryl methyl sites for hydroxylation is 1. The molecule has 0 N–H and O–H groups in total. The van der Waals surface area contributed by atoms with E-state index in [0.29, 0.717) is 5.41 Å². The minimum absolute atomic E-state index is 0.362. The molecule has 0 saturated carbocycles. The second kappa shape index (κ2) is 6.50. The molecule has 0 aliphatic heterocycles. The van der Waals surface area contributed by atoms with Crippen molar-refractivity contribution in [3.05, 3.63) is 41.8 Å². The first-order valence-corrected chi connectivity index (χ1v) is 6.49. The zero-order valence-electron chi connectivity index (χ0n) is 11.3. The quantitative estimate of drug-likeness (QED) is 0.510. The molecule has 17 heavy (non-hydrogen) atoms. The SMILES string of the molecule is [C]#CCCCCc1ccc(CC(C)(C)C)cc1. The molecule has 1 aromatic carbocycles. The zero-order valence-corrected chi connectivity index (χ0v) is 11.3. The lowest BCUT2D eigenvalue weighted by Crippen LogP contribution is -2.08. The molecule has 0 aliphatic carbocycles. The summed E-state index contributed by atoms with van der Waals surface area (Å²) in [7, 11) is 0. The minimum atomic E-state index is 0.362. The van der Waals surface area contributed by atoms with E-state index in [1.165, 1.54) is 11.1 Å². The van der Waals surface area contributed by atoms with Crippen LogP contribution in [0.2, 0.25) is 0 Å². The maximum absolute atomic E-state index is 6.85. The normalized spacial score (nSPS) is 11.2. The Morgan fingerprint density at radius 2 is 1.59 bits per heavy atom. The molecule has 0 unspecified atom stereocenters. The monoisotopic (exact) mass is 227 g/mol. The summed E-state index contributed by atoms with van der Waals surface area (Å²) >= 11 is 0. The first-order valence-electron chi connectivity index (χ1n) is 6.49. The summed E-state index contributed by atoms with van der Waals surface area (Å²) in [5, 5.41) is 0. The van der Waals surface area contributed by atoms with Crippen molar-refractivity contribution < 1.29 is 0 Å². The summed E-state index contributed by atoms with van der Waals surface area (Å²) < 4.78 is 0. The molecule has 0 bridgehead atoms. The Morgan fingerprint density at radius 3 is 2.12 bits per heavy atom. The van der Waals surface area contributed by atoms with E-state index in [1.54, 1.807) is 0 Å². The van der Waals surface area contributed by atoms with Crippen molar-refractivity contribution >= 4 is 0 Å². The molecule has 0 aliphatic rings. The van der Waals surface area contributed by atoms with Crippen LogP contribution in [0, 0.1) is 17.8 Å². The maximum Gasteiger partial charge on any atom is 0.00990 e. The summed E-state index contributed by atoms with van der Waals surface area (Å²) in [5.41, 5.74) is 3.20. The van der Waals surface area contributed by atoms with Crippen LogP contribution >= 0.6 is 0 Å². The Bertz CT molecular complexity index is 357. The van der Waals surface area contributed by atoms with Gasteiger partial charge in [0.1, 0.15) is 0 Å². The topological polar surface area (TPSA) is 0 Å². The van der Waals surface area contributed by atoms with Gasteiger partial charge >= 0.3 is 0 Å². The van der Waals surface area contributed by atoms with Gasteiger partial charge < -0.3 is 0 Å². The van der Waals surface area contributed by atoms with Gasteiger partial charge in [-0.15, -0.1) is 0 Å². The summed E-state index contributed by atoms with van der Waals surface area (Å²) in [6.45, 7) is 6.82. The number of benzene rings is 1. The number of hydrogen-bond donors (Lipinski definition) is 0. The summed E-state index contributed by atoms with van der Waals surface area (Å²) in [4.78, 5) is 0. The molecule has 91 valence electrons. The van der Waals surface area contributed by atoms with Gasteiger partial charge in [0.15, 0.2) is 0 Å². The molecule has 1 radical (unpaired) electrons. The molecular formula is C17H23. The van der Waals surface area contributed by atoms with E-state index in [4.69, 9.17) is 6.42 Å². The molecule has 0 heteroatoms. The Labute approximate surface area is 106 Å². The van der Waals surface area contributed by atoms with E-state index < -0.39 is 0 Å². The lowest BCUT2D eigenvalue weighted by Gasteiger charge is -2.18. The van der Waals surface area contributed by atoms with Crippen molar-refractivity contribution in [1.29, 1.82) is 0 Å². The van der Waals surface area contributed by atoms with Gasteiger partial charge in [-0.2, -0.15) is 0 Å². The highest BCUT2D eigenvalue weighted by Crippen LogP contribution is 2.21. The Morgan fingerprint density at radius 1 is 1.00 bits per heavy atom. The lowest BCUT2D eigenvalue weighted by atomic mass is 9.88. The maximum atomic E-state index is 6.85. The average molecular weight is 227 g/mol. The van der Waals surface area contributed by atoms with E-state index in [1.807, 2.05) is 0 Å². The van der Waals surface area contributed by atoms with Crippen LogP contribution in [0.1, 0.15) is 51.2 Å². The van der Waals surface area contributed by atoms with Crippen LogP contribution in [0.3, 0.4) is 0 Å². The Kier molecular flexibility index (Phi) is 5.29. The fraction of sp³-hybridized carbons (Fsp3) is 0.529. The molecule has 0 amide bonds.